The van der Waals surface area contributed by atoms with Crippen molar-refractivity contribution < 1.29 is 18.0 Å². The highest BCUT2D eigenvalue weighted by molar-refractivity contribution is 6.10. The molecule has 0 radical (unpaired) electrons. The van der Waals surface area contributed by atoms with Crippen LogP contribution in [0.4, 0.5) is 19.0 Å². The fourth-order valence-electron chi connectivity index (χ4n) is 3.83. The third kappa shape index (κ3) is 3.46. The minimum Gasteiger partial charge on any atom is -0.356 e. The minimum absolute atomic E-state index is 0.330. The lowest BCUT2D eigenvalue weighted by Crippen LogP contribution is -2.46. The molecule has 10 heteroatoms. The van der Waals surface area contributed by atoms with E-state index in [1.807, 2.05) is 11.0 Å². The molecule has 1 amide bonds. The van der Waals surface area contributed by atoms with Crippen LogP contribution >= 0.6 is 0 Å². The van der Waals surface area contributed by atoms with E-state index in [1.165, 1.54) is 7.05 Å². The lowest BCUT2D eigenvalue weighted by molar-refractivity contribution is -0.161. The molecule has 0 aliphatic carbocycles. The van der Waals surface area contributed by atoms with Crippen LogP contribution in [-0.4, -0.2) is 63.8 Å². The maximum Gasteiger partial charge on any atom is 0.406 e. The molecule has 7 nitrogen and oxygen atoms in total. The van der Waals surface area contributed by atoms with Gasteiger partial charge in [-0.15, -0.1) is 0 Å². The lowest BCUT2D eigenvalue weighted by Gasteiger charge is -2.35. The summed E-state index contributed by atoms with van der Waals surface area (Å²) in [5, 5.41) is 9.76. The highest BCUT2D eigenvalue weighted by Gasteiger charge is 2.35. The number of piperidine rings is 1. The van der Waals surface area contributed by atoms with Gasteiger partial charge in [0.1, 0.15) is 12.4 Å². The van der Waals surface area contributed by atoms with E-state index < -0.39 is 24.5 Å². The number of amides is 1. The van der Waals surface area contributed by atoms with Crippen LogP contribution in [0.1, 0.15) is 12.8 Å². The number of aromatic nitrogens is 4. The number of hydrogen-bond donors (Lipinski definition) is 1. The first-order valence-electron chi connectivity index (χ1n) is 8.97. The molecule has 0 aromatic carbocycles. The van der Waals surface area contributed by atoms with Gasteiger partial charge < -0.3 is 9.80 Å². The maximum absolute atomic E-state index is 12.6. The van der Waals surface area contributed by atoms with Gasteiger partial charge in [0.05, 0.1) is 12.1 Å². The van der Waals surface area contributed by atoms with E-state index in [0.29, 0.717) is 31.6 Å². The minimum atomic E-state index is -4.41. The molecule has 1 atom stereocenters. The van der Waals surface area contributed by atoms with Crippen LogP contribution in [0.15, 0.2) is 24.7 Å². The number of nitrogens with one attached hydrogen (secondary N) is 1. The SMILES string of the molecule is CN(CC(F)(F)F)C(=O)C1CCCN(c2[nH]ncc3cnc4nccc4c23)C1. The van der Waals surface area contributed by atoms with Gasteiger partial charge in [-0.3, -0.25) is 9.89 Å². The Morgan fingerprint density at radius 3 is 2.96 bits per heavy atom. The normalized spacial score (nSPS) is 18.0. The molecular weight excluding hydrogens is 373 g/mol. The fourth-order valence-corrected chi connectivity index (χ4v) is 3.83. The van der Waals surface area contributed by atoms with Crippen LogP contribution in [-0.2, 0) is 4.79 Å². The van der Waals surface area contributed by atoms with Crippen molar-refractivity contribution in [3.05, 3.63) is 24.7 Å². The van der Waals surface area contributed by atoms with Gasteiger partial charge in [-0.25, -0.2) is 9.97 Å². The summed E-state index contributed by atoms with van der Waals surface area (Å²) in [4.78, 5) is 23.8. The second kappa shape index (κ2) is 6.92. The predicted molar refractivity (Wildman–Crippen MR) is 97.8 cm³/mol. The summed E-state index contributed by atoms with van der Waals surface area (Å²) in [6.07, 6.45) is 1.89. The number of fused-ring (bicyclic) bond motifs is 3. The number of carbonyl (C=O) groups is 1. The van der Waals surface area contributed by atoms with E-state index >= 15 is 0 Å². The largest absolute Gasteiger partial charge is 0.406 e. The molecule has 1 saturated heterocycles. The highest BCUT2D eigenvalue weighted by Crippen LogP contribution is 2.32. The Morgan fingerprint density at radius 1 is 1.36 bits per heavy atom. The Bertz CT molecular complexity index is 1020. The predicted octanol–water partition coefficient (Wildman–Crippen LogP) is 2.74. The molecule has 1 N–H and O–H groups in total. The number of nitrogens with zero attached hydrogens (tertiary/aromatic N) is 5. The Hall–Kier alpha value is -2.91. The van der Waals surface area contributed by atoms with E-state index in [9.17, 15) is 18.0 Å². The van der Waals surface area contributed by atoms with E-state index in [0.717, 1.165) is 26.9 Å². The summed E-state index contributed by atoms with van der Waals surface area (Å²) < 4.78 is 37.9. The summed E-state index contributed by atoms with van der Waals surface area (Å²) >= 11 is 0. The molecule has 0 spiro atoms. The molecule has 0 saturated carbocycles. The van der Waals surface area contributed by atoms with Gasteiger partial charge in [0, 0.05) is 48.7 Å². The van der Waals surface area contributed by atoms with Crippen molar-refractivity contribution >= 4 is 33.5 Å². The number of alkyl halides is 3. The smallest absolute Gasteiger partial charge is 0.356 e. The van der Waals surface area contributed by atoms with Gasteiger partial charge in [-0.1, -0.05) is 0 Å². The van der Waals surface area contributed by atoms with Crippen LogP contribution in [0.3, 0.4) is 0 Å². The van der Waals surface area contributed by atoms with E-state index in [2.05, 4.69) is 20.2 Å². The Balaban J connectivity index is 1.63. The summed E-state index contributed by atoms with van der Waals surface area (Å²) in [5.74, 6) is -0.259. The standard InChI is InChI=1S/C18H19F3N6O/c1-26(10-18(19,20)21)17(28)11-3-2-6-27(9-11)16-14-12(8-24-25-16)7-23-15-13(14)4-5-22-15/h4-5,7-8,11,25H,2-3,6,9-10H2,1H3. The molecule has 4 rings (SSSR count). The first-order chi connectivity index (χ1) is 13.3. The third-order valence-electron chi connectivity index (χ3n) is 5.05. The number of halogens is 3. The molecule has 148 valence electrons. The molecule has 1 unspecified atom stereocenters. The average Bonchev–Trinajstić information content (AvgIpc) is 3.14. The van der Waals surface area contributed by atoms with Crippen molar-refractivity contribution in [1.29, 1.82) is 0 Å². The average molecular weight is 392 g/mol. The second-order valence-electron chi connectivity index (χ2n) is 7.08. The zero-order valence-electron chi connectivity index (χ0n) is 15.2. The summed E-state index contributed by atoms with van der Waals surface area (Å²) in [6.45, 7) is -0.228. The first kappa shape index (κ1) is 18.5. The van der Waals surface area contributed by atoms with Crippen molar-refractivity contribution in [2.75, 3.05) is 31.6 Å². The lowest BCUT2D eigenvalue weighted by atomic mass is 9.96. The summed E-state index contributed by atoms with van der Waals surface area (Å²) in [7, 11) is 1.20. The van der Waals surface area contributed by atoms with Crippen LogP contribution in [0, 0.1) is 5.92 Å². The van der Waals surface area contributed by atoms with Crippen molar-refractivity contribution in [3.63, 3.8) is 0 Å². The highest BCUT2D eigenvalue weighted by atomic mass is 19.4. The molecule has 3 aromatic rings. The summed E-state index contributed by atoms with van der Waals surface area (Å²) in [5.41, 5.74) is 0.614. The van der Waals surface area contributed by atoms with Crippen LogP contribution in [0.2, 0.25) is 0 Å². The monoisotopic (exact) mass is 392 g/mol. The van der Waals surface area contributed by atoms with E-state index in [1.54, 1.807) is 18.6 Å². The third-order valence-corrected chi connectivity index (χ3v) is 5.05. The van der Waals surface area contributed by atoms with Crippen LogP contribution < -0.4 is 4.90 Å². The number of H-pyrrole nitrogens is 1. The number of hydrogen-bond acceptors (Lipinski definition) is 5. The van der Waals surface area contributed by atoms with Crippen LogP contribution in [0.5, 0.6) is 0 Å². The van der Waals surface area contributed by atoms with Crippen LogP contribution in [0.25, 0.3) is 21.8 Å². The first-order valence-corrected chi connectivity index (χ1v) is 8.97. The second-order valence-corrected chi connectivity index (χ2v) is 7.08. The number of rotatable bonds is 3. The number of anilines is 1. The Morgan fingerprint density at radius 2 is 2.18 bits per heavy atom. The number of carbonyl (C=O) groups excluding carboxylic acids is 1. The van der Waals surface area contributed by atoms with Gasteiger partial charge >= 0.3 is 6.18 Å². The maximum atomic E-state index is 12.6. The van der Waals surface area contributed by atoms with Gasteiger partial charge in [0.15, 0.2) is 5.65 Å². The molecule has 3 aromatic heterocycles. The topological polar surface area (TPSA) is 78.0 Å². The van der Waals surface area contributed by atoms with Gasteiger partial charge in [0.2, 0.25) is 5.91 Å². The molecule has 28 heavy (non-hydrogen) atoms. The van der Waals surface area contributed by atoms with Crippen molar-refractivity contribution in [3.8, 4) is 0 Å². The van der Waals surface area contributed by atoms with Gasteiger partial charge in [-0.05, 0) is 18.9 Å². The fraction of sp³-hybridized carbons (Fsp3) is 0.444. The quantitative estimate of drug-likeness (QED) is 0.742. The molecule has 1 fully saturated rings. The van der Waals surface area contributed by atoms with Crippen molar-refractivity contribution in [1.82, 2.24) is 25.1 Å². The Kier molecular flexibility index (Phi) is 4.56. The molecule has 4 heterocycles. The number of pyridine rings is 1. The Labute approximate surface area is 158 Å². The van der Waals surface area contributed by atoms with Crippen molar-refractivity contribution in [2.45, 2.75) is 19.0 Å². The van der Waals surface area contributed by atoms with Gasteiger partial charge in [-0.2, -0.15) is 18.3 Å². The number of aromatic amines is 1. The molecule has 1 aliphatic heterocycles. The van der Waals surface area contributed by atoms with Crippen molar-refractivity contribution in [2.24, 2.45) is 5.92 Å². The van der Waals surface area contributed by atoms with E-state index in [4.69, 9.17) is 0 Å². The van der Waals surface area contributed by atoms with Gasteiger partial charge in [0.25, 0.3) is 0 Å². The zero-order valence-corrected chi connectivity index (χ0v) is 15.2. The molecular formula is C18H19F3N6O. The molecule has 1 aliphatic rings. The summed E-state index contributed by atoms with van der Waals surface area (Å²) in [6, 6.07) is 1.87. The van der Waals surface area contributed by atoms with E-state index in [-0.39, 0.29) is 0 Å². The zero-order chi connectivity index (χ0) is 19.9. The molecule has 0 bridgehead atoms.